The zero-order valence-corrected chi connectivity index (χ0v) is 19.8. The standard InChI is InChI=1S/C23H20BrN3O4S/c1-13-9-16(24)7-8-19(13)26-21(29)12-32-22-18(11-25)17(10-20(28)27-22)14-3-5-15(6-4-14)23(30)31-2/h3-9,17H,10,12H2,1-2H3,(H,26,29)(H,27,28)/t17-/m1/s1. The van der Waals surface area contributed by atoms with E-state index in [0.717, 1.165) is 27.4 Å². The van der Waals surface area contributed by atoms with E-state index in [1.165, 1.54) is 7.11 Å². The van der Waals surface area contributed by atoms with Crippen molar-refractivity contribution in [1.82, 2.24) is 5.32 Å². The van der Waals surface area contributed by atoms with Crippen LogP contribution in [0, 0.1) is 18.3 Å². The van der Waals surface area contributed by atoms with Crippen molar-refractivity contribution in [3.63, 3.8) is 0 Å². The molecule has 0 aliphatic carbocycles. The van der Waals surface area contributed by atoms with Gasteiger partial charge in [-0.2, -0.15) is 5.26 Å². The number of ether oxygens (including phenoxy) is 1. The van der Waals surface area contributed by atoms with Crippen molar-refractivity contribution in [1.29, 1.82) is 5.26 Å². The minimum absolute atomic E-state index is 0.0320. The molecule has 2 amide bonds. The number of carbonyl (C=O) groups excluding carboxylic acids is 3. The van der Waals surface area contributed by atoms with E-state index in [2.05, 4.69) is 32.6 Å². The molecule has 0 saturated carbocycles. The maximum Gasteiger partial charge on any atom is 0.337 e. The molecule has 1 heterocycles. The van der Waals surface area contributed by atoms with Crippen LogP contribution in [0.4, 0.5) is 5.69 Å². The molecule has 2 N–H and O–H groups in total. The second kappa shape index (κ2) is 10.5. The highest BCUT2D eigenvalue weighted by Gasteiger charge is 2.30. The molecule has 164 valence electrons. The summed E-state index contributed by atoms with van der Waals surface area (Å²) in [5.74, 6) is -1.37. The summed E-state index contributed by atoms with van der Waals surface area (Å²) in [5, 5.41) is 15.7. The summed E-state index contributed by atoms with van der Waals surface area (Å²) in [4.78, 5) is 36.4. The SMILES string of the molecule is COC(=O)c1ccc([C@H]2CC(=O)NC(SCC(=O)Nc3ccc(Br)cc3C)=C2C#N)cc1. The second-order valence-corrected chi connectivity index (χ2v) is 8.97. The quantitative estimate of drug-likeness (QED) is 0.558. The predicted molar refractivity (Wildman–Crippen MR) is 126 cm³/mol. The number of hydrogen-bond acceptors (Lipinski definition) is 6. The van der Waals surface area contributed by atoms with Gasteiger partial charge in [0.05, 0.1) is 35.1 Å². The van der Waals surface area contributed by atoms with Crippen LogP contribution in [0.15, 0.2) is 57.5 Å². The number of amides is 2. The molecule has 2 aromatic rings. The van der Waals surface area contributed by atoms with Crippen LogP contribution >= 0.6 is 27.7 Å². The van der Waals surface area contributed by atoms with Gasteiger partial charge in [-0.1, -0.05) is 39.8 Å². The highest BCUT2D eigenvalue weighted by Crippen LogP contribution is 2.36. The Morgan fingerprint density at radius 2 is 2.00 bits per heavy atom. The van der Waals surface area contributed by atoms with E-state index >= 15 is 0 Å². The third-order valence-corrected chi connectivity index (χ3v) is 6.41. The van der Waals surface area contributed by atoms with Crippen molar-refractivity contribution >= 4 is 51.2 Å². The van der Waals surface area contributed by atoms with E-state index < -0.39 is 11.9 Å². The van der Waals surface area contributed by atoms with Crippen LogP contribution in [0.3, 0.4) is 0 Å². The van der Waals surface area contributed by atoms with Crippen molar-refractivity contribution in [3.8, 4) is 6.07 Å². The van der Waals surface area contributed by atoms with Crippen molar-refractivity contribution in [2.24, 2.45) is 0 Å². The summed E-state index contributed by atoms with van der Waals surface area (Å²) >= 11 is 4.50. The lowest BCUT2D eigenvalue weighted by Crippen LogP contribution is -2.31. The first-order chi connectivity index (χ1) is 15.3. The van der Waals surface area contributed by atoms with Gasteiger partial charge in [0.1, 0.15) is 0 Å². The molecule has 7 nitrogen and oxygen atoms in total. The number of nitrogens with one attached hydrogen (secondary N) is 2. The number of anilines is 1. The molecule has 1 aliphatic heterocycles. The Hall–Kier alpha value is -3.09. The van der Waals surface area contributed by atoms with Crippen molar-refractivity contribution < 1.29 is 19.1 Å². The fourth-order valence-electron chi connectivity index (χ4n) is 3.28. The number of thioether (sulfide) groups is 1. The average molecular weight is 514 g/mol. The van der Waals surface area contributed by atoms with E-state index in [4.69, 9.17) is 4.74 Å². The molecule has 0 unspecified atom stereocenters. The Morgan fingerprint density at radius 3 is 2.62 bits per heavy atom. The number of benzene rings is 2. The van der Waals surface area contributed by atoms with Crippen molar-refractivity contribution in [2.75, 3.05) is 18.2 Å². The summed E-state index contributed by atoms with van der Waals surface area (Å²) in [5.41, 5.74) is 3.11. The van der Waals surface area contributed by atoms with Crippen LogP contribution in [0.5, 0.6) is 0 Å². The lowest BCUT2D eigenvalue weighted by Gasteiger charge is -2.25. The molecule has 3 rings (SSSR count). The number of aryl methyl sites for hydroxylation is 1. The van der Waals surface area contributed by atoms with Gasteiger partial charge in [0, 0.05) is 22.5 Å². The predicted octanol–water partition coefficient (Wildman–Crippen LogP) is 4.25. The summed E-state index contributed by atoms with van der Waals surface area (Å²) in [7, 11) is 1.30. The normalized spacial score (nSPS) is 15.6. The summed E-state index contributed by atoms with van der Waals surface area (Å²) in [6.45, 7) is 1.89. The zero-order chi connectivity index (χ0) is 23.3. The van der Waals surface area contributed by atoms with Gasteiger partial charge in [-0.3, -0.25) is 9.59 Å². The largest absolute Gasteiger partial charge is 0.465 e. The number of nitrogens with zero attached hydrogens (tertiary/aromatic N) is 1. The molecule has 1 aliphatic rings. The zero-order valence-electron chi connectivity index (χ0n) is 17.4. The second-order valence-electron chi connectivity index (χ2n) is 7.07. The van der Waals surface area contributed by atoms with Gasteiger partial charge >= 0.3 is 5.97 Å². The maximum absolute atomic E-state index is 12.4. The van der Waals surface area contributed by atoms with E-state index in [0.29, 0.717) is 21.9 Å². The summed E-state index contributed by atoms with van der Waals surface area (Å²) in [6.07, 6.45) is 0.106. The van der Waals surface area contributed by atoms with Gasteiger partial charge < -0.3 is 15.4 Å². The molecule has 0 radical (unpaired) electrons. The topological polar surface area (TPSA) is 108 Å². The molecule has 1 atom stereocenters. The molecule has 0 fully saturated rings. The number of carbonyl (C=O) groups is 3. The Kier molecular flexibility index (Phi) is 7.72. The van der Waals surface area contributed by atoms with Gasteiger partial charge in [-0.15, -0.1) is 0 Å². The number of rotatable bonds is 6. The third kappa shape index (κ3) is 5.58. The number of halogens is 1. The van der Waals surface area contributed by atoms with Gasteiger partial charge in [0.15, 0.2) is 0 Å². The van der Waals surface area contributed by atoms with Gasteiger partial charge in [-0.05, 0) is 48.4 Å². The molecule has 2 aromatic carbocycles. The molecule has 0 saturated heterocycles. The Balaban J connectivity index is 1.76. The van der Waals surface area contributed by atoms with Crippen LogP contribution in [0.25, 0.3) is 0 Å². The Labute approximate surface area is 198 Å². The van der Waals surface area contributed by atoms with E-state index in [1.807, 2.05) is 19.1 Å². The fourth-order valence-corrected chi connectivity index (χ4v) is 4.63. The van der Waals surface area contributed by atoms with Crippen LogP contribution in [0.2, 0.25) is 0 Å². The van der Waals surface area contributed by atoms with E-state index in [9.17, 15) is 19.6 Å². The lowest BCUT2D eigenvalue weighted by atomic mass is 9.87. The third-order valence-electron chi connectivity index (χ3n) is 4.90. The maximum atomic E-state index is 12.4. The smallest absolute Gasteiger partial charge is 0.337 e. The summed E-state index contributed by atoms with van der Waals surface area (Å²) < 4.78 is 5.62. The monoisotopic (exact) mass is 513 g/mol. The van der Waals surface area contributed by atoms with E-state index in [-0.39, 0.29) is 24.0 Å². The van der Waals surface area contributed by atoms with Gasteiger partial charge in [0.25, 0.3) is 0 Å². The number of allylic oxidation sites excluding steroid dienone is 1. The Morgan fingerprint density at radius 1 is 1.28 bits per heavy atom. The number of nitriles is 1. The molecule has 32 heavy (non-hydrogen) atoms. The van der Waals surface area contributed by atoms with Crippen LogP contribution in [-0.2, 0) is 14.3 Å². The first-order valence-corrected chi connectivity index (χ1v) is 11.4. The van der Waals surface area contributed by atoms with Crippen LogP contribution in [0.1, 0.15) is 33.8 Å². The van der Waals surface area contributed by atoms with Gasteiger partial charge in [-0.25, -0.2) is 4.79 Å². The fraction of sp³-hybridized carbons (Fsp3) is 0.217. The minimum atomic E-state index is -0.461. The lowest BCUT2D eigenvalue weighted by molar-refractivity contribution is -0.121. The molecular weight excluding hydrogens is 494 g/mol. The number of hydrogen-bond donors (Lipinski definition) is 2. The van der Waals surface area contributed by atoms with E-state index in [1.54, 1.807) is 30.3 Å². The van der Waals surface area contributed by atoms with Crippen LogP contribution < -0.4 is 10.6 Å². The van der Waals surface area contributed by atoms with Crippen molar-refractivity contribution in [2.45, 2.75) is 19.3 Å². The number of methoxy groups -OCH3 is 1. The summed E-state index contributed by atoms with van der Waals surface area (Å²) in [6, 6.07) is 14.3. The molecule has 0 spiro atoms. The van der Waals surface area contributed by atoms with Gasteiger partial charge in [0.2, 0.25) is 11.8 Å². The average Bonchev–Trinajstić information content (AvgIpc) is 2.78. The highest BCUT2D eigenvalue weighted by molar-refractivity contribution is 9.10. The van der Waals surface area contributed by atoms with Crippen LogP contribution in [-0.4, -0.2) is 30.6 Å². The molecule has 9 heteroatoms. The molecular formula is C23H20BrN3O4S. The molecule has 0 aromatic heterocycles. The first kappa shape index (κ1) is 23.6. The van der Waals surface area contributed by atoms with Crippen molar-refractivity contribution in [3.05, 3.63) is 74.2 Å². The minimum Gasteiger partial charge on any atom is -0.465 e. The Bertz CT molecular complexity index is 1140. The number of esters is 1. The first-order valence-electron chi connectivity index (χ1n) is 9.63. The molecule has 0 bridgehead atoms. The highest BCUT2D eigenvalue weighted by atomic mass is 79.9.